The van der Waals surface area contributed by atoms with E-state index in [1.165, 1.54) is 18.7 Å². The number of aryl methyl sites for hydroxylation is 2. The van der Waals surface area contributed by atoms with Crippen molar-refractivity contribution in [1.82, 2.24) is 9.88 Å². The highest BCUT2D eigenvalue weighted by Gasteiger charge is 2.37. The van der Waals surface area contributed by atoms with Crippen molar-refractivity contribution in [1.29, 1.82) is 0 Å². The van der Waals surface area contributed by atoms with Gasteiger partial charge in [-0.3, -0.25) is 4.90 Å². The molecular formula is C19H26FN3O2. The summed E-state index contributed by atoms with van der Waals surface area (Å²) in [6, 6.07) is 4.15. The Hall–Kier alpha value is -1.95. The second-order valence-electron chi connectivity index (χ2n) is 6.90. The van der Waals surface area contributed by atoms with Crippen molar-refractivity contribution in [3.05, 3.63) is 35.5 Å². The molecule has 0 radical (unpaired) electrons. The Morgan fingerprint density at radius 3 is 3.24 bits per heavy atom. The third-order valence-electron chi connectivity index (χ3n) is 4.98. The van der Waals surface area contributed by atoms with Gasteiger partial charge in [0.25, 0.3) is 0 Å². The van der Waals surface area contributed by atoms with Gasteiger partial charge < -0.3 is 10.1 Å². The van der Waals surface area contributed by atoms with Crippen molar-refractivity contribution in [2.45, 2.75) is 37.8 Å². The minimum absolute atomic E-state index is 0.377. The van der Waals surface area contributed by atoms with Crippen LogP contribution in [0.2, 0.25) is 0 Å². The lowest BCUT2D eigenvalue weighted by Crippen LogP contribution is -2.30. The lowest BCUT2D eigenvalue weighted by molar-refractivity contribution is -0.134. The summed E-state index contributed by atoms with van der Waals surface area (Å²) >= 11 is 0. The number of nitrogens with zero attached hydrogens (tertiary/aromatic N) is 2. The number of hydrogen-bond donors (Lipinski definition) is 1. The number of aromatic nitrogens is 1. The first-order valence-corrected chi connectivity index (χ1v) is 8.96. The standard InChI is InChI=1S/C19H26FN3O2/c1-25-17(24)5-3-12-23-13-10-19(20,14-23)9-8-16-7-6-15-4-2-11-21-18(15)22-16/h3,5-7H,2,4,8-14H2,1H3,(H,21,22). The van der Waals surface area contributed by atoms with Gasteiger partial charge in [-0.25, -0.2) is 14.2 Å². The molecule has 6 heteroatoms. The molecule has 0 amide bonds. The molecule has 1 aromatic rings. The van der Waals surface area contributed by atoms with Crippen LogP contribution in [0.4, 0.5) is 10.2 Å². The molecule has 136 valence electrons. The van der Waals surface area contributed by atoms with Gasteiger partial charge in [-0.05, 0) is 43.7 Å². The summed E-state index contributed by atoms with van der Waals surface area (Å²) in [5.74, 6) is 0.593. The fourth-order valence-electron chi connectivity index (χ4n) is 3.50. The average molecular weight is 347 g/mol. The Morgan fingerprint density at radius 2 is 2.40 bits per heavy atom. The molecular weight excluding hydrogens is 321 g/mol. The largest absolute Gasteiger partial charge is 0.466 e. The number of ether oxygens (including phenoxy) is 1. The van der Waals surface area contributed by atoms with Crippen molar-refractivity contribution < 1.29 is 13.9 Å². The third kappa shape index (κ3) is 4.78. The van der Waals surface area contributed by atoms with Crippen LogP contribution in [-0.2, 0) is 22.4 Å². The maximum atomic E-state index is 15.0. The van der Waals surface area contributed by atoms with E-state index in [1.54, 1.807) is 6.08 Å². The van der Waals surface area contributed by atoms with Gasteiger partial charge in [0, 0.05) is 37.9 Å². The number of likely N-dealkylation sites (tertiary alicyclic amines) is 1. The minimum atomic E-state index is -1.18. The fourth-order valence-corrected chi connectivity index (χ4v) is 3.50. The number of alkyl halides is 1. The molecule has 3 rings (SSSR count). The number of nitrogens with one attached hydrogen (secondary N) is 1. The van der Waals surface area contributed by atoms with Crippen LogP contribution in [0.5, 0.6) is 0 Å². The molecule has 0 saturated carbocycles. The van der Waals surface area contributed by atoms with E-state index in [2.05, 4.69) is 21.1 Å². The Bertz CT molecular complexity index is 650. The highest BCUT2D eigenvalue weighted by Crippen LogP contribution is 2.30. The van der Waals surface area contributed by atoms with Crippen LogP contribution in [0.3, 0.4) is 0 Å². The molecule has 1 atom stereocenters. The van der Waals surface area contributed by atoms with Crippen LogP contribution in [-0.4, -0.2) is 54.8 Å². The van der Waals surface area contributed by atoms with Crippen LogP contribution in [0, 0.1) is 0 Å². The second kappa shape index (κ2) is 7.95. The normalized spacial score (nSPS) is 23.4. The monoisotopic (exact) mass is 347 g/mol. The molecule has 3 heterocycles. The summed E-state index contributed by atoms with van der Waals surface area (Å²) in [5, 5.41) is 3.33. The van der Waals surface area contributed by atoms with E-state index >= 15 is 4.39 Å². The maximum absolute atomic E-state index is 15.0. The smallest absolute Gasteiger partial charge is 0.330 e. The van der Waals surface area contributed by atoms with E-state index < -0.39 is 5.67 Å². The van der Waals surface area contributed by atoms with Gasteiger partial charge in [0.05, 0.1) is 7.11 Å². The topological polar surface area (TPSA) is 54.5 Å². The number of carbonyl (C=O) groups excluding carboxylic acids is 1. The van der Waals surface area contributed by atoms with E-state index in [9.17, 15) is 4.79 Å². The van der Waals surface area contributed by atoms with Crippen molar-refractivity contribution in [3.63, 3.8) is 0 Å². The maximum Gasteiger partial charge on any atom is 0.330 e. The highest BCUT2D eigenvalue weighted by molar-refractivity contribution is 5.81. The molecule has 0 bridgehead atoms. The van der Waals surface area contributed by atoms with Gasteiger partial charge in [-0.1, -0.05) is 12.1 Å². The first kappa shape index (κ1) is 17.9. The molecule has 5 nitrogen and oxygen atoms in total. The van der Waals surface area contributed by atoms with Crippen LogP contribution < -0.4 is 5.32 Å². The molecule has 1 unspecified atom stereocenters. The van der Waals surface area contributed by atoms with E-state index in [0.717, 1.165) is 30.9 Å². The summed E-state index contributed by atoms with van der Waals surface area (Å²) in [7, 11) is 1.35. The number of carbonyl (C=O) groups is 1. The van der Waals surface area contributed by atoms with E-state index in [-0.39, 0.29) is 5.97 Å². The summed E-state index contributed by atoms with van der Waals surface area (Å²) in [6.45, 7) is 2.65. The summed E-state index contributed by atoms with van der Waals surface area (Å²) in [5.41, 5.74) is 1.04. The molecule has 1 saturated heterocycles. The van der Waals surface area contributed by atoms with Crippen molar-refractivity contribution in [3.8, 4) is 0 Å². The van der Waals surface area contributed by atoms with Gasteiger partial charge >= 0.3 is 5.97 Å². The van der Waals surface area contributed by atoms with Crippen molar-refractivity contribution >= 4 is 11.8 Å². The molecule has 25 heavy (non-hydrogen) atoms. The Kier molecular flexibility index (Phi) is 5.68. The molecule has 0 spiro atoms. The van der Waals surface area contributed by atoms with Crippen LogP contribution in [0.15, 0.2) is 24.3 Å². The van der Waals surface area contributed by atoms with Gasteiger partial charge in [-0.2, -0.15) is 0 Å². The molecule has 1 fully saturated rings. The zero-order valence-corrected chi connectivity index (χ0v) is 14.8. The van der Waals surface area contributed by atoms with Gasteiger partial charge in [-0.15, -0.1) is 0 Å². The number of anilines is 1. The molecule has 2 aliphatic rings. The number of pyridine rings is 1. The van der Waals surface area contributed by atoms with E-state index in [4.69, 9.17) is 0 Å². The SMILES string of the molecule is COC(=O)C=CCN1CCC(F)(CCc2ccc3c(n2)NCCC3)C1. The van der Waals surface area contributed by atoms with Crippen LogP contribution in [0.1, 0.15) is 30.5 Å². The Balaban J connectivity index is 1.49. The van der Waals surface area contributed by atoms with Gasteiger partial charge in [0.1, 0.15) is 11.5 Å². The Labute approximate surface area is 148 Å². The Morgan fingerprint density at radius 1 is 1.52 bits per heavy atom. The van der Waals surface area contributed by atoms with Gasteiger partial charge in [0.15, 0.2) is 0 Å². The lowest BCUT2D eigenvalue weighted by atomic mass is 9.97. The van der Waals surface area contributed by atoms with E-state index in [1.807, 2.05) is 11.0 Å². The second-order valence-corrected chi connectivity index (χ2v) is 6.90. The molecule has 2 aliphatic heterocycles. The highest BCUT2D eigenvalue weighted by atomic mass is 19.1. The molecule has 0 aromatic carbocycles. The predicted molar refractivity (Wildman–Crippen MR) is 95.4 cm³/mol. The number of methoxy groups -OCH3 is 1. The minimum Gasteiger partial charge on any atom is -0.466 e. The van der Waals surface area contributed by atoms with Crippen LogP contribution in [0.25, 0.3) is 0 Å². The summed E-state index contributed by atoms with van der Waals surface area (Å²) in [6.07, 6.45) is 6.99. The van der Waals surface area contributed by atoms with Gasteiger partial charge in [0.2, 0.25) is 0 Å². The molecule has 1 aromatic heterocycles. The number of rotatable bonds is 6. The quantitative estimate of drug-likeness (QED) is 0.633. The summed E-state index contributed by atoms with van der Waals surface area (Å²) in [4.78, 5) is 17.7. The lowest BCUT2D eigenvalue weighted by Gasteiger charge is -2.21. The number of halogens is 1. The predicted octanol–water partition coefficient (Wildman–Crippen LogP) is 2.52. The molecule has 1 N–H and O–H groups in total. The number of fused-ring (bicyclic) bond motifs is 1. The van der Waals surface area contributed by atoms with Crippen LogP contribution >= 0.6 is 0 Å². The van der Waals surface area contributed by atoms with Crippen molar-refractivity contribution in [2.75, 3.05) is 38.6 Å². The number of hydrogen-bond acceptors (Lipinski definition) is 5. The number of esters is 1. The molecule has 0 aliphatic carbocycles. The zero-order chi connectivity index (χ0) is 17.7. The first-order chi connectivity index (χ1) is 12.1. The average Bonchev–Trinajstić information content (AvgIpc) is 3.01. The van der Waals surface area contributed by atoms with Crippen molar-refractivity contribution in [2.24, 2.45) is 0 Å². The first-order valence-electron chi connectivity index (χ1n) is 8.96. The summed E-state index contributed by atoms with van der Waals surface area (Å²) < 4.78 is 19.6. The van der Waals surface area contributed by atoms with E-state index in [0.29, 0.717) is 38.9 Å². The zero-order valence-electron chi connectivity index (χ0n) is 14.8. The third-order valence-corrected chi connectivity index (χ3v) is 4.98. The fraction of sp³-hybridized carbons (Fsp3) is 0.579.